The predicted molar refractivity (Wildman–Crippen MR) is 95.3 cm³/mol. The van der Waals surface area contributed by atoms with Crippen LogP contribution in [0.15, 0.2) is 48.5 Å². The first-order valence-corrected chi connectivity index (χ1v) is 9.58. The number of hydrogen-bond donors (Lipinski definition) is 1. The average Bonchev–Trinajstić information content (AvgIpc) is 3.04. The van der Waals surface area contributed by atoms with E-state index in [9.17, 15) is 8.42 Å². The second-order valence-corrected chi connectivity index (χ2v) is 7.81. The Hall–Kier alpha value is -2.01. The molecule has 0 bridgehead atoms. The molecule has 1 aliphatic rings. The fourth-order valence-corrected chi connectivity index (χ4v) is 4.03. The molecule has 1 fully saturated rings. The molecule has 0 saturated carbocycles. The lowest BCUT2D eigenvalue weighted by molar-refractivity contribution is 0.600. The monoisotopic (exact) mass is 330 g/mol. The van der Waals surface area contributed by atoms with E-state index in [1.807, 2.05) is 55.5 Å². The van der Waals surface area contributed by atoms with Gasteiger partial charge in [-0.3, -0.25) is 4.72 Å². The SMILES string of the molecule is Cc1ccc(CS(=O)(=O)Nc2ccc(N3CCCC3)cc2)cc1. The third-order valence-electron chi connectivity index (χ3n) is 4.09. The Morgan fingerprint density at radius 1 is 0.957 bits per heavy atom. The summed E-state index contributed by atoms with van der Waals surface area (Å²) in [7, 11) is -3.40. The van der Waals surface area contributed by atoms with Crippen LogP contribution < -0.4 is 9.62 Å². The fourth-order valence-electron chi connectivity index (χ4n) is 2.83. The van der Waals surface area contributed by atoms with Crippen molar-refractivity contribution >= 4 is 21.4 Å². The molecule has 122 valence electrons. The van der Waals surface area contributed by atoms with Gasteiger partial charge in [-0.25, -0.2) is 8.42 Å². The van der Waals surface area contributed by atoms with Crippen LogP contribution in [0.4, 0.5) is 11.4 Å². The molecule has 5 heteroatoms. The first-order chi connectivity index (χ1) is 11.0. The second-order valence-electron chi connectivity index (χ2n) is 6.09. The van der Waals surface area contributed by atoms with E-state index in [0.717, 1.165) is 29.9 Å². The van der Waals surface area contributed by atoms with Gasteiger partial charge in [-0.15, -0.1) is 0 Å². The van der Waals surface area contributed by atoms with E-state index in [4.69, 9.17) is 0 Å². The van der Waals surface area contributed by atoms with Gasteiger partial charge < -0.3 is 4.90 Å². The molecular formula is C18H22N2O2S. The molecule has 1 heterocycles. The highest BCUT2D eigenvalue weighted by Crippen LogP contribution is 2.23. The van der Waals surface area contributed by atoms with Crippen LogP contribution in [-0.2, 0) is 15.8 Å². The number of nitrogens with zero attached hydrogens (tertiary/aromatic N) is 1. The van der Waals surface area contributed by atoms with Crippen LogP contribution in [0.25, 0.3) is 0 Å². The van der Waals surface area contributed by atoms with E-state index in [2.05, 4.69) is 9.62 Å². The van der Waals surface area contributed by atoms with Gasteiger partial charge in [-0.1, -0.05) is 29.8 Å². The predicted octanol–water partition coefficient (Wildman–Crippen LogP) is 3.54. The minimum Gasteiger partial charge on any atom is -0.372 e. The summed E-state index contributed by atoms with van der Waals surface area (Å²) in [5, 5.41) is 0. The molecule has 1 aliphatic heterocycles. The van der Waals surface area contributed by atoms with E-state index in [-0.39, 0.29) is 5.75 Å². The lowest BCUT2D eigenvalue weighted by Gasteiger charge is -2.18. The van der Waals surface area contributed by atoms with Crippen molar-refractivity contribution in [2.24, 2.45) is 0 Å². The topological polar surface area (TPSA) is 49.4 Å². The van der Waals surface area contributed by atoms with Crippen LogP contribution in [0.2, 0.25) is 0 Å². The zero-order chi connectivity index (χ0) is 16.3. The standard InChI is InChI=1S/C18H22N2O2S/c1-15-4-6-16(7-5-15)14-23(21,22)19-17-8-10-18(11-9-17)20-12-2-3-13-20/h4-11,19H,2-3,12-14H2,1H3. The van der Waals surface area contributed by atoms with Gasteiger partial charge in [0.25, 0.3) is 0 Å². The van der Waals surface area contributed by atoms with Crippen molar-refractivity contribution in [3.8, 4) is 0 Å². The number of benzene rings is 2. The van der Waals surface area contributed by atoms with Crippen LogP contribution in [0.3, 0.4) is 0 Å². The van der Waals surface area contributed by atoms with E-state index in [1.54, 1.807) is 0 Å². The van der Waals surface area contributed by atoms with Gasteiger partial charge in [0.2, 0.25) is 10.0 Å². The summed E-state index contributed by atoms with van der Waals surface area (Å²) in [6.45, 7) is 4.15. The van der Waals surface area contributed by atoms with Crippen molar-refractivity contribution in [2.75, 3.05) is 22.7 Å². The lowest BCUT2D eigenvalue weighted by Crippen LogP contribution is -2.18. The van der Waals surface area contributed by atoms with Crippen LogP contribution in [0.1, 0.15) is 24.0 Å². The number of nitrogens with one attached hydrogen (secondary N) is 1. The Morgan fingerprint density at radius 2 is 1.57 bits per heavy atom. The molecule has 1 N–H and O–H groups in total. The minimum atomic E-state index is -3.40. The summed E-state index contributed by atoms with van der Waals surface area (Å²) in [4.78, 5) is 2.32. The van der Waals surface area contributed by atoms with Crippen molar-refractivity contribution < 1.29 is 8.42 Å². The summed E-state index contributed by atoms with van der Waals surface area (Å²) in [6, 6.07) is 15.2. The van der Waals surface area contributed by atoms with Gasteiger partial charge in [0.05, 0.1) is 5.75 Å². The molecular weight excluding hydrogens is 308 g/mol. The largest absolute Gasteiger partial charge is 0.372 e. The normalized spacial score (nSPS) is 14.9. The highest BCUT2D eigenvalue weighted by atomic mass is 32.2. The molecule has 0 amide bonds. The van der Waals surface area contributed by atoms with Gasteiger partial charge in [0.1, 0.15) is 0 Å². The molecule has 3 rings (SSSR count). The molecule has 0 spiro atoms. The van der Waals surface area contributed by atoms with Gasteiger partial charge >= 0.3 is 0 Å². The summed E-state index contributed by atoms with van der Waals surface area (Å²) in [5.41, 5.74) is 3.68. The van der Waals surface area contributed by atoms with E-state index >= 15 is 0 Å². The Labute approximate surface area is 138 Å². The quantitative estimate of drug-likeness (QED) is 0.912. The van der Waals surface area contributed by atoms with Crippen molar-refractivity contribution in [3.05, 3.63) is 59.7 Å². The first kappa shape index (κ1) is 15.9. The smallest absolute Gasteiger partial charge is 0.236 e. The fraction of sp³-hybridized carbons (Fsp3) is 0.333. The highest BCUT2D eigenvalue weighted by molar-refractivity contribution is 7.91. The molecule has 2 aromatic rings. The summed E-state index contributed by atoms with van der Waals surface area (Å²) in [5.74, 6) is -0.0127. The first-order valence-electron chi connectivity index (χ1n) is 7.93. The van der Waals surface area contributed by atoms with Crippen molar-refractivity contribution in [1.82, 2.24) is 0 Å². The molecule has 0 aromatic heterocycles. The Bertz CT molecular complexity index is 747. The van der Waals surface area contributed by atoms with Gasteiger partial charge in [-0.2, -0.15) is 0 Å². The zero-order valence-electron chi connectivity index (χ0n) is 13.3. The van der Waals surface area contributed by atoms with Gasteiger partial charge in [0, 0.05) is 24.5 Å². The van der Waals surface area contributed by atoms with Crippen molar-refractivity contribution in [1.29, 1.82) is 0 Å². The maximum Gasteiger partial charge on any atom is 0.236 e. The van der Waals surface area contributed by atoms with Crippen LogP contribution >= 0.6 is 0 Å². The molecule has 0 unspecified atom stereocenters. The van der Waals surface area contributed by atoms with E-state index in [0.29, 0.717) is 5.69 Å². The molecule has 0 atom stereocenters. The third-order valence-corrected chi connectivity index (χ3v) is 5.35. The molecule has 2 aromatic carbocycles. The van der Waals surface area contributed by atoms with Crippen molar-refractivity contribution in [3.63, 3.8) is 0 Å². The van der Waals surface area contributed by atoms with Gasteiger partial charge in [0.15, 0.2) is 0 Å². The number of sulfonamides is 1. The number of hydrogen-bond acceptors (Lipinski definition) is 3. The van der Waals surface area contributed by atoms with Crippen LogP contribution in [0.5, 0.6) is 0 Å². The summed E-state index contributed by atoms with van der Waals surface area (Å²) < 4.78 is 27.2. The van der Waals surface area contributed by atoms with Gasteiger partial charge in [-0.05, 0) is 49.6 Å². The second kappa shape index (κ2) is 6.62. The van der Waals surface area contributed by atoms with Crippen LogP contribution in [0, 0.1) is 6.92 Å². The van der Waals surface area contributed by atoms with E-state index < -0.39 is 10.0 Å². The highest BCUT2D eigenvalue weighted by Gasteiger charge is 2.14. The molecule has 0 aliphatic carbocycles. The summed E-state index contributed by atoms with van der Waals surface area (Å²) >= 11 is 0. The number of anilines is 2. The maximum absolute atomic E-state index is 12.3. The zero-order valence-corrected chi connectivity index (χ0v) is 14.1. The molecule has 4 nitrogen and oxygen atoms in total. The van der Waals surface area contributed by atoms with E-state index in [1.165, 1.54) is 12.8 Å². The minimum absolute atomic E-state index is 0.0127. The maximum atomic E-state index is 12.3. The molecule has 1 saturated heterocycles. The Kier molecular flexibility index (Phi) is 4.57. The Balaban J connectivity index is 1.66. The third kappa shape index (κ3) is 4.26. The number of aryl methyl sites for hydroxylation is 1. The molecule has 23 heavy (non-hydrogen) atoms. The average molecular weight is 330 g/mol. The van der Waals surface area contributed by atoms with Crippen LogP contribution in [-0.4, -0.2) is 21.5 Å². The van der Waals surface area contributed by atoms with Crippen molar-refractivity contribution in [2.45, 2.75) is 25.5 Å². The Morgan fingerprint density at radius 3 is 2.17 bits per heavy atom. The number of rotatable bonds is 5. The molecule has 0 radical (unpaired) electrons. The lowest BCUT2D eigenvalue weighted by atomic mass is 10.2. The summed E-state index contributed by atoms with van der Waals surface area (Å²) in [6.07, 6.45) is 2.45.